The van der Waals surface area contributed by atoms with Gasteiger partial charge in [-0.1, -0.05) is 97.1 Å². The summed E-state index contributed by atoms with van der Waals surface area (Å²) in [5.74, 6) is -0.486. The zero-order chi connectivity index (χ0) is 24.6. The second kappa shape index (κ2) is 11.7. The van der Waals surface area contributed by atoms with Gasteiger partial charge in [0.1, 0.15) is 0 Å². The minimum Gasteiger partial charge on any atom is -0.313 e. The van der Waals surface area contributed by atoms with Crippen molar-refractivity contribution in [1.29, 1.82) is 0 Å². The molecule has 0 aliphatic carbocycles. The van der Waals surface area contributed by atoms with Crippen LogP contribution in [0.15, 0.2) is 131 Å². The van der Waals surface area contributed by atoms with E-state index in [0.717, 1.165) is 11.1 Å². The van der Waals surface area contributed by atoms with Gasteiger partial charge in [-0.2, -0.15) is 0 Å². The van der Waals surface area contributed by atoms with Crippen molar-refractivity contribution in [2.45, 2.75) is 14.4 Å². The molecular formula is C29H25NO3S2. The topological polar surface area (TPSA) is 54.5 Å². The molecule has 176 valence electrons. The minimum atomic E-state index is -1.84. The normalized spacial score (nSPS) is 14.0. The molecule has 0 saturated carbocycles. The molecule has 0 saturated heterocycles. The molecule has 0 fully saturated rings. The minimum absolute atomic E-state index is 0.455. The lowest BCUT2D eigenvalue weighted by atomic mass is 10.1. The van der Waals surface area contributed by atoms with Gasteiger partial charge in [0.15, 0.2) is 4.58 Å². The van der Waals surface area contributed by atoms with Crippen LogP contribution in [0.25, 0.3) is 11.8 Å². The van der Waals surface area contributed by atoms with Crippen LogP contribution in [0.1, 0.15) is 11.1 Å². The number of benzene rings is 4. The molecule has 1 amide bonds. The molecule has 0 radical (unpaired) electrons. The number of rotatable bonds is 8. The van der Waals surface area contributed by atoms with Crippen LogP contribution in [0.5, 0.6) is 0 Å². The van der Waals surface area contributed by atoms with Crippen LogP contribution in [-0.2, 0) is 26.4 Å². The van der Waals surface area contributed by atoms with E-state index in [0.29, 0.717) is 15.5 Å². The standard InChI is InChI=1S/C29H25NO3S2/c1-30(27(24-16-8-3-9-17-24)22-23-14-6-2-7-15-23)28(31)29(34(32)25-18-10-4-11-19-25)35(33)26-20-12-5-13-21-26/h2-22,29H,1H3/b27-22+. The zero-order valence-corrected chi connectivity index (χ0v) is 20.8. The third kappa shape index (κ3) is 5.91. The van der Waals surface area contributed by atoms with E-state index in [1.165, 1.54) is 4.90 Å². The third-order valence-electron chi connectivity index (χ3n) is 5.41. The number of amides is 1. The highest BCUT2D eigenvalue weighted by molar-refractivity contribution is 8.04. The molecule has 6 heteroatoms. The summed E-state index contributed by atoms with van der Waals surface area (Å²) in [6, 6.07) is 36.6. The highest BCUT2D eigenvalue weighted by Crippen LogP contribution is 2.27. The van der Waals surface area contributed by atoms with Crippen molar-refractivity contribution in [2.24, 2.45) is 0 Å². The van der Waals surface area contributed by atoms with Gasteiger partial charge >= 0.3 is 0 Å². The van der Waals surface area contributed by atoms with Crippen molar-refractivity contribution >= 4 is 39.3 Å². The third-order valence-corrected chi connectivity index (χ3v) is 9.11. The molecule has 4 aromatic carbocycles. The quantitative estimate of drug-likeness (QED) is 0.297. The molecule has 0 aliphatic heterocycles. The molecule has 4 rings (SSSR count). The maximum Gasteiger partial charge on any atom is 0.256 e. The molecule has 4 aromatic rings. The number of nitrogens with zero attached hydrogens (tertiary/aromatic N) is 1. The molecule has 0 heterocycles. The van der Waals surface area contributed by atoms with E-state index in [-0.39, 0.29) is 0 Å². The van der Waals surface area contributed by atoms with Gasteiger partial charge in [-0.3, -0.25) is 13.2 Å². The molecule has 0 aromatic heterocycles. The largest absolute Gasteiger partial charge is 0.313 e. The van der Waals surface area contributed by atoms with Gasteiger partial charge in [-0.15, -0.1) is 0 Å². The fraction of sp³-hybridized carbons (Fsp3) is 0.0690. The van der Waals surface area contributed by atoms with Crippen molar-refractivity contribution in [3.8, 4) is 0 Å². The van der Waals surface area contributed by atoms with Crippen LogP contribution < -0.4 is 0 Å². The Balaban J connectivity index is 1.78. The van der Waals surface area contributed by atoms with Gasteiger partial charge in [0.25, 0.3) is 5.91 Å². The van der Waals surface area contributed by atoms with Crippen LogP contribution in [0.4, 0.5) is 0 Å². The molecule has 4 nitrogen and oxygen atoms in total. The highest BCUT2D eigenvalue weighted by atomic mass is 32.2. The molecule has 0 bridgehead atoms. The van der Waals surface area contributed by atoms with Crippen LogP contribution in [-0.4, -0.2) is 30.9 Å². The second-order valence-electron chi connectivity index (χ2n) is 7.76. The molecule has 0 spiro atoms. The van der Waals surface area contributed by atoms with Crippen molar-refractivity contribution in [2.75, 3.05) is 7.05 Å². The van der Waals surface area contributed by atoms with Crippen molar-refractivity contribution in [1.82, 2.24) is 4.90 Å². The first-order valence-electron chi connectivity index (χ1n) is 11.1. The lowest BCUT2D eigenvalue weighted by molar-refractivity contribution is -0.124. The fourth-order valence-electron chi connectivity index (χ4n) is 3.59. The Hall–Kier alpha value is -3.61. The van der Waals surface area contributed by atoms with Gasteiger partial charge in [-0.25, -0.2) is 0 Å². The Labute approximate surface area is 210 Å². The van der Waals surface area contributed by atoms with E-state index < -0.39 is 32.1 Å². The first-order chi connectivity index (χ1) is 17.1. The number of hydrogen-bond acceptors (Lipinski definition) is 3. The van der Waals surface area contributed by atoms with Crippen molar-refractivity contribution in [3.63, 3.8) is 0 Å². The lowest BCUT2D eigenvalue weighted by Crippen LogP contribution is -2.40. The summed E-state index contributed by atoms with van der Waals surface area (Å²) in [4.78, 5) is 16.4. The van der Waals surface area contributed by atoms with Crippen LogP contribution in [0.2, 0.25) is 0 Å². The molecule has 0 N–H and O–H groups in total. The van der Waals surface area contributed by atoms with Crippen molar-refractivity contribution < 1.29 is 13.2 Å². The van der Waals surface area contributed by atoms with Gasteiger partial charge in [0, 0.05) is 16.8 Å². The van der Waals surface area contributed by atoms with Crippen LogP contribution in [0, 0.1) is 0 Å². The smallest absolute Gasteiger partial charge is 0.256 e. The molecular weight excluding hydrogens is 474 g/mol. The SMILES string of the molecule is CN(C(=O)C(S(=O)c1ccccc1)S(=O)c1ccccc1)/C(=C/c1ccccc1)c1ccccc1. The Morgan fingerprint density at radius 3 is 1.51 bits per heavy atom. The zero-order valence-electron chi connectivity index (χ0n) is 19.2. The average Bonchev–Trinajstić information content (AvgIpc) is 2.93. The van der Waals surface area contributed by atoms with Crippen LogP contribution >= 0.6 is 0 Å². The molecule has 2 unspecified atom stereocenters. The monoisotopic (exact) mass is 499 g/mol. The Morgan fingerprint density at radius 1 is 0.657 bits per heavy atom. The van der Waals surface area contributed by atoms with E-state index in [2.05, 4.69) is 0 Å². The first kappa shape index (κ1) is 24.5. The van der Waals surface area contributed by atoms with Crippen molar-refractivity contribution in [3.05, 3.63) is 132 Å². The summed E-state index contributed by atoms with van der Waals surface area (Å²) in [5.41, 5.74) is 2.36. The second-order valence-corrected chi connectivity index (χ2v) is 11.1. The highest BCUT2D eigenvalue weighted by Gasteiger charge is 2.36. The van der Waals surface area contributed by atoms with Gasteiger partial charge in [0.2, 0.25) is 0 Å². The maximum absolute atomic E-state index is 14.0. The lowest BCUT2D eigenvalue weighted by Gasteiger charge is -2.26. The summed E-state index contributed by atoms with van der Waals surface area (Å²) < 4.78 is 26.1. The summed E-state index contributed by atoms with van der Waals surface area (Å²) in [7, 11) is -2.04. The fourth-order valence-corrected chi connectivity index (χ4v) is 6.91. The Morgan fingerprint density at radius 2 is 1.06 bits per heavy atom. The van der Waals surface area contributed by atoms with E-state index in [1.807, 2.05) is 78.9 Å². The predicted molar refractivity (Wildman–Crippen MR) is 143 cm³/mol. The molecule has 35 heavy (non-hydrogen) atoms. The first-order valence-corrected chi connectivity index (χ1v) is 13.5. The number of carbonyl (C=O) groups excluding carboxylic acids is 1. The summed E-state index contributed by atoms with van der Waals surface area (Å²) >= 11 is 0. The molecule has 0 aliphatic rings. The predicted octanol–water partition coefficient (Wildman–Crippen LogP) is 5.58. The summed E-state index contributed by atoms with van der Waals surface area (Å²) in [6.45, 7) is 0. The maximum atomic E-state index is 14.0. The van der Waals surface area contributed by atoms with Gasteiger partial charge < -0.3 is 4.90 Å². The van der Waals surface area contributed by atoms with Crippen LogP contribution in [0.3, 0.4) is 0 Å². The summed E-state index contributed by atoms with van der Waals surface area (Å²) in [6.07, 6.45) is 1.90. The van der Waals surface area contributed by atoms with E-state index in [9.17, 15) is 13.2 Å². The average molecular weight is 500 g/mol. The number of hydrogen-bond donors (Lipinski definition) is 0. The Kier molecular flexibility index (Phi) is 8.19. The Bertz CT molecular complexity index is 1290. The van der Waals surface area contributed by atoms with Gasteiger partial charge in [-0.05, 0) is 41.5 Å². The number of carbonyl (C=O) groups is 1. The summed E-state index contributed by atoms with van der Waals surface area (Å²) in [5, 5.41) is 0. The molecule has 2 atom stereocenters. The van der Waals surface area contributed by atoms with E-state index in [1.54, 1.807) is 55.6 Å². The van der Waals surface area contributed by atoms with E-state index >= 15 is 0 Å². The van der Waals surface area contributed by atoms with E-state index in [4.69, 9.17) is 0 Å². The van der Waals surface area contributed by atoms with Gasteiger partial charge in [0.05, 0.1) is 27.3 Å².